The maximum absolute atomic E-state index is 13.3. The molecule has 2 aliphatic rings. The fourth-order valence-electron chi connectivity index (χ4n) is 7.36. The molecule has 2 aliphatic heterocycles. The van der Waals surface area contributed by atoms with Crippen molar-refractivity contribution < 1.29 is 39.6 Å². The number of dihydropyridines is 1. The van der Waals surface area contributed by atoms with Gasteiger partial charge in [0.1, 0.15) is 0 Å². The van der Waals surface area contributed by atoms with E-state index in [2.05, 4.69) is 39.7 Å². The van der Waals surface area contributed by atoms with Gasteiger partial charge in [-0.05, 0) is 54.3 Å². The molecule has 362 valence electrons. The quantitative estimate of drug-likeness (QED) is 0.0601. The predicted molar refractivity (Wildman–Crippen MR) is 255 cm³/mol. The second kappa shape index (κ2) is 23.4. The number of anilines is 1. The van der Waals surface area contributed by atoms with Crippen molar-refractivity contribution in [1.82, 2.24) is 50.4 Å². The lowest BCUT2D eigenvalue weighted by molar-refractivity contribution is -0.118. The lowest BCUT2D eigenvalue weighted by Crippen LogP contribution is -2.46. The van der Waals surface area contributed by atoms with Crippen LogP contribution in [0.1, 0.15) is 26.3 Å². The largest absolute Gasteiger partial charge is 0.505 e. The van der Waals surface area contributed by atoms with E-state index in [9.17, 15) is 49.2 Å². The van der Waals surface area contributed by atoms with E-state index in [1.165, 1.54) is 57.0 Å². The normalized spacial score (nSPS) is 14.0. The highest BCUT2D eigenvalue weighted by molar-refractivity contribution is 5.98. The van der Waals surface area contributed by atoms with Crippen molar-refractivity contribution in [1.29, 1.82) is 0 Å². The average Bonchev–Trinajstić information content (AvgIpc) is 3.30. The van der Waals surface area contributed by atoms with Gasteiger partial charge in [-0.3, -0.25) is 38.6 Å². The van der Waals surface area contributed by atoms with Crippen LogP contribution in [0, 0.1) is 5.92 Å². The van der Waals surface area contributed by atoms with E-state index in [1.807, 2.05) is 21.9 Å². The van der Waals surface area contributed by atoms with Gasteiger partial charge in [-0.25, -0.2) is 0 Å². The molecule has 0 fully saturated rings. The number of amides is 4. The van der Waals surface area contributed by atoms with Crippen LogP contribution in [0.2, 0.25) is 0 Å². The number of aryl methyl sites for hydroxylation is 2. The van der Waals surface area contributed by atoms with Gasteiger partial charge in [0, 0.05) is 117 Å². The molecule has 11 N–H and O–H groups in total. The number of aromatic hydroxyl groups is 2. The molecular weight excluding hydrogens is 879 g/mol. The molecule has 0 aliphatic carbocycles. The highest BCUT2D eigenvalue weighted by Gasteiger charge is 2.24. The Balaban J connectivity index is 1.39. The standard InChI is InChI=1S/C47H59N11O10/c1-29-38(59)34(10-14-49-29)42(63)50-15-22-57(23-16-51-43(64)35-11-19-54(3)30(2)39(35)60)27-32(26-31-6-8-33(48)9-7-31)28-58(24-17-52-44(65)36-12-20-55(4)46(67)40(36)61)25-18-53-45(66)37-13-21-56(5)47(68)41(37)62/h6-14,19-21,32,49,59-62H,1-2,15-18,22-28,48H2,3-5H3,(H,50,63)(H,51,64)(H,52,65)(H,53,66). The number of nitrogens with two attached hydrogens (primary N) is 1. The number of rotatable bonds is 22. The molecule has 1 unspecified atom stereocenters. The number of aromatic nitrogens is 2. The first-order chi connectivity index (χ1) is 32.4. The zero-order chi connectivity index (χ0) is 49.7. The zero-order valence-corrected chi connectivity index (χ0v) is 38.2. The number of carbonyl (C=O) groups is 4. The molecule has 0 spiro atoms. The molecular formula is C47H59N11O10. The van der Waals surface area contributed by atoms with Crippen molar-refractivity contribution in [3.8, 4) is 11.5 Å². The SMILES string of the molecule is C=C1NC=CC(C(=O)NCCN(CCNC(=O)C2=C(O)C(=C)N(C)C=C2)CC(Cc2ccc(N)cc2)CN(CCNC(=O)c2ccn(C)c(=O)c2O)CCNC(=O)c2ccn(C)c(=O)c2O)=C1O. The third-order valence-electron chi connectivity index (χ3n) is 11.3. The minimum Gasteiger partial charge on any atom is -0.505 e. The number of nitrogens with one attached hydrogen (secondary N) is 5. The number of hydrogen-bond acceptors (Lipinski definition) is 15. The number of benzene rings is 1. The van der Waals surface area contributed by atoms with Gasteiger partial charge in [0.25, 0.3) is 34.7 Å². The average molecular weight is 938 g/mol. The van der Waals surface area contributed by atoms with Crippen molar-refractivity contribution >= 4 is 29.3 Å². The number of likely N-dealkylation sites (N-methyl/N-ethyl adjacent to an activating group) is 1. The van der Waals surface area contributed by atoms with Crippen molar-refractivity contribution in [2.75, 3.05) is 78.2 Å². The Hall–Kier alpha value is -8.04. The Morgan fingerprint density at radius 1 is 0.662 bits per heavy atom. The molecule has 1 atom stereocenters. The molecule has 0 radical (unpaired) electrons. The first-order valence-corrected chi connectivity index (χ1v) is 21.6. The second-order valence-corrected chi connectivity index (χ2v) is 16.3. The molecule has 1 aromatic carbocycles. The summed E-state index contributed by atoms with van der Waals surface area (Å²) in [7, 11) is 4.57. The fraction of sp³-hybridized carbons (Fsp3) is 0.319. The summed E-state index contributed by atoms with van der Waals surface area (Å²) < 4.78 is 2.28. The number of nitrogen functional groups attached to an aromatic ring is 1. The molecule has 21 heteroatoms. The molecule has 0 saturated heterocycles. The maximum Gasteiger partial charge on any atom is 0.293 e. The fourth-order valence-corrected chi connectivity index (χ4v) is 7.36. The van der Waals surface area contributed by atoms with Gasteiger partial charge in [0.15, 0.2) is 23.0 Å². The van der Waals surface area contributed by atoms with Crippen LogP contribution in [0.4, 0.5) is 5.69 Å². The Labute approximate surface area is 392 Å². The van der Waals surface area contributed by atoms with E-state index in [4.69, 9.17) is 5.73 Å². The lowest BCUT2D eigenvalue weighted by Gasteiger charge is -2.32. The third-order valence-corrected chi connectivity index (χ3v) is 11.3. The highest BCUT2D eigenvalue weighted by atomic mass is 16.3. The van der Waals surface area contributed by atoms with Gasteiger partial charge in [0.05, 0.1) is 33.7 Å². The summed E-state index contributed by atoms with van der Waals surface area (Å²) in [6.07, 6.45) is 9.23. The number of aliphatic hydroxyl groups excluding tert-OH is 2. The first kappa shape index (κ1) is 51.0. The molecule has 0 saturated carbocycles. The van der Waals surface area contributed by atoms with Crippen LogP contribution in [0.25, 0.3) is 0 Å². The first-order valence-electron chi connectivity index (χ1n) is 21.6. The van der Waals surface area contributed by atoms with Gasteiger partial charge in [-0.2, -0.15) is 0 Å². The number of aliphatic hydroxyl groups is 2. The molecule has 4 heterocycles. The second-order valence-electron chi connectivity index (χ2n) is 16.3. The smallest absolute Gasteiger partial charge is 0.293 e. The monoisotopic (exact) mass is 937 g/mol. The number of carbonyl (C=O) groups excluding carboxylic acids is 4. The Bertz CT molecular complexity index is 2580. The van der Waals surface area contributed by atoms with Gasteiger partial charge in [-0.15, -0.1) is 0 Å². The summed E-state index contributed by atoms with van der Waals surface area (Å²) in [4.78, 5) is 83.2. The van der Waals surface area contributed by atoms with Gasteiger partial charge < -0.3 is 66.8 Å². The molecule has 3 aromatic rings. The molecule has 68 heavy (non-hydrogen) atoms. The minimum absolute atomic E-state index is 0.0272. The van der Waals surface area contributed by atoms with Gasteiger partial charge in [-0.1, -0.05) is 25.3 Å². The zero-order valence-electron chi connectivity index (χ0n) is 38.2. The number of pyridine rings is 2. The van der Waals surface area contributed by atoms with Crippen LogP contribution in [0.15, 0.2) is 130 Å². The van der Waals surface area contributed by atoms with Gasteiger partial charge >= 0.3 is 0 Å². The Morgan fingerprint density at radius 2 is 1.10 bits per heavy atom. The number of nitrogens with zero attached hydrogens (tertiary/aromatic N) is 5. The minimum atomic E-state index is -0.740. The van der Waals surface area contributed by atoms with Crippen molar-refractivity contribution in [3.63, 3.8) is 0 Å². The molecule has 21 nitrogen and oxygen atoms in total. The molecule has 4 amide bonds. The van der Waals surface area contributed by atoms with E-state index in [0.717, 1.165) is 14.7 Å². The third kappa shape index (κ3) is 13.3. The van der Waals surface area contributed by atoms with E-state index in [-0.39, 0.29) is 103 Å². The number of hydrogen-bond donors (Lipinski definition) is 10. The topological polar surface area (TPSA) is 289 Å². The van der Waals surface area contributed by atoms with Gasteiger partial charge in [0.2, 0.25) is 0 Å². The lowest BCUT2D eigenvalue weighted by atomic mass is 9.97. The van der Waals surface area contributed by atoms with E-state index < -0.39 is 46.2 Å². The summed E-state index contributed by atoms with van der Waals surface area (Å²) in [6.45, 7) is 9.58. The van der Waals surface area contributed by atoms with Crippen molar-refractivity contribution in [3.05, 3.63) is 158 Å². The summed E-state index contributed by atoms with van der Waals surface area (Å²) in [5, 5.41) is 55.9. The van der Waals surface area contributed by atoms with Crippen molar-refractivity contribution in [2.24, 2.45) is 20.0 Å². The van der Waals surface area contributed by atoms with Crippen LogP contribution < -0.4 is 43.4 Å². The van der Waals surface area contributed by atoms with E-state index in [1.54, 1.807) is 30.3 Å². The summed E-state index contributed by atoms with van der Waals surface area (Å²) in [5.41, 5.74) is 6.14. The van der Waals surface area contributed by atoms with Crippen LogP contribution in [-0.4, -0.2) is 140 Å². The summed E-state index contributed by atoms with van der Waals surface area (Å²) >= 11 is 0. The summed E-state index contributed by atoms with van der Waals surface area (Å²) in [5.74, 6) is -4.58. The molecule has 5 rings (SSSR count). The molecule has 0 bridgehead atoms. The van der Waals surface area contributed by atoms with Crippen molar-refractivity contribution in [2.45, 2.75) is 6.42 Å². The van der Waals surface area contributed by atoms with E-state index >= 15 is 0 Å². The Morgan fingerprint density at radius 3 is 1.57 bits per heavy atom. The van der Waals surface area contributed by atoms with E-state index in [0.29, 0.717) is 25.2 Å². The predicted octanol–water partition coefficient (Wildman–Crippen LogP) is 0.160. The van der Waals surface area contributed by atoms with Crippen LogP contribution in [0.5, 0.6) is 11.5 Å². The van der Waals surface area contributed by atoms with Crippen LogP contribution >= 0.6 is 0 Å². The van der Waals surface area contributed by atoms with Crippen LogP contribution in [-0.2, 0) is 30.1 Å². The maximum atomic E-state index is 13.3. The Kier molecular flexibility index (Phi) is 17.5. The highest BCUT2D eigenvalue weighted by Crippen LogP contribution is 2.21. The molecule has 2 aromatic heterocycles. The summed E-state index contributed by atoms with van der Waals surface area (Å²) in [6, 6.07) is 10.0. The van der Waals surface area contributed by atoms with Crippen LogP contribution in [0.3, 0.4) is 0 Å².